The van der Waals surface area contributed by atoms with Crippen molar-refractivity contribution in [1.29, 1.82) is 0 Å². The van der Waals surface area contributed by atoms with Crippen LogP contribution in [0, 0.1) is 0 Å². The molecule has 0 saturated heterocycles. The maximum Gasteiger partial charge on any atom is 0.417 e. The van der Waals surface area contributed by atoms with Gasteiger partial charge in [0.05, 0.1) is 17.0 Å². The van der Waals surface area contributed by atoms with Crippen LogP contribution in [-0.4, -0.2) is 22.4 Å². The minimum absolute atomic E-state index is 0.0825. The second-order valence-corrected chi connectivity index (χ2v) is 7.44. The lowest BCUT2D eigenvalue weighted by atomic mass is 9.98. The first-order chi connectivity index (χ1) is 15.2. The largest absolute Gasteiger partial charge is 0.417 e. The van der Waals surface area contributed by atoms with Gasteiger partial charge in [0, 0.05) is 17.6 Å². The van der Waals surface area contributed by atoms with E-state index in [9.17, 15) is 18.0 Å². The van der Waals surface area contributed by atoms with Crippen molar-refractivity contribution in [1.82, 2.24) is 14.5 Å². The number of nitrogen functional groups attached to an aromatic ring is 1. The van der Waals surface area contributed by atoms with Gasteiger partial charge in [0.2, 0.25) is 5.95 Å². The van der Waals surface area contributed by atoms with Gasteiger partial charge in [0.15, 0.2) is 0 Å². The molecule has 6 nitrogen and oxygen atoms in total. The van der Waals surface area contributed by atoms with Crippen LogP contribution in [0.15, 0.2) is 65.6 Å². The summed E-state index contributed by atoms with van der Waals surface area (Å²) in [5.74, 6) is 0.556. The molecule has 0 aliphatic carbocycles. The Kier molecular flexibility index (Phi) is 5.37. The number of para-hydroxylation sites is 1. The summed E-state index contributed by atoms with van der Waals surface area (Å²) in [6, 6.07) is 13.4. The molecule has 0 saturated carbocycles. The normalized spacial score (nSPS) is 12.6. The van der Waals surface area contributed by atoms with Crippen LogP contribution in [-0.2, 0) is 6.18 Å². The number of pyridine rings is 1. The molecule has 0 aliphatic heterocycles. The van der Waals surface area contributed by atoms with Gasteiger partial charge in [-0.2, -0.15) is 18.2 Å². The van der Waals surface area contributed by atoms with Crippen LogP contribution in [0.3, 0.4) is 0 Å². The SMILES string of the molecule is Bc1cnc(N)nc1N[C@@H](C)c1cc2cccc(C(F)(F)F)c2c(=O)n1-c1ccccc1. The molecule has 162 valence electrons. The number of hydrogen-bond donors (Lipinski definition) is 2. The lowest BCUT2D eigenvalue weighted by Gasteiger charge is -2.23. The van der Waals surface area contributed by atoms with E-state index in [-0.39, 0.29) is 16.7 Å². The molecule has 3 N–H and O–H groups in total. The van der Waals surface area contributed by atoms with Crippen molar-refractivity contribution >= 4 is 35.8 Å². The topological polar surface area (TPSA) is 85.8 Å². The van der Waals surface area contributed by atoms with Crippen LogP contribution >= 0.6 is 0 Å². The number of halogens is 3. The van der Waals surface area contributed by atoms with Gasteiger partial charge in [0.25, 0.3) is 5.56 Å². The Hall–Kier alpha value is -3.82. The van der Waals surface area contributed by atoms with Gasteiger partial charge in [-0.25, -0.2) is 4.98 Å². The third kappa shape index (κ3) is 3.91. The number of benzene rings is 2. The number of hydrogen-bond acceptors (Lipinski definition) is 5. The second kappa shape index (κ2) is 8.03. The van der Waals surface area contributed by atoms with Crippen molar-refractivity contribution in [3.63, 3.8) is 0 Å². The second-order valence-electron chi connectivity index (χ2n) is 7.44. The van der Waals surface area contributed by atoms with Crippen LogP contribution in [0.5, 0.6) is 0 Å². The Morgan fingerprint density at radius 2 is 1.84 bits per heavy atom. The van der Waals surface area contributed by atoms with Gasteiger partial charge in [0.1, 0.15) is 13.7 Å². The average molecular weight is 437 g/mol. The number of nitrogens with two attached hydrogens (primary N) is 1. The number of nitrogens with zero attached hydrogens (tertiary/aromatic N) is 3. The Morgan fingerprint density at radius 3 is 2.53 bits per heavy atom. The zero-order chi connectivity index (χ0) is 23.0. The van der Waals surface area contributed by atoms with Crippen LogP contribution in [0.25, 0.3) is 16.5 Å². The fourth-order valence-electron chi connectivity index (χ4n) is 3.66. The van der Waals surface area contributed by atoms with Crippen LogP contribution in [0.1, 0.15) is 24.2 Å². The van der Waals surface area contributed by atoms with Crippen LogP contribution in [0.2, 0.25) is 0 Å². The van der Waals surface area contributed by atoms with Gasteiger partial charge in [-0.15, -0.1) is 0 Å². The molecule has 0 unspecified atom stereocenters. The van der Waals surface area contributed by atoms with E-state index in [2.05, 4.69) is 15.3 Å². The van der Waals surface area contributed by atoms with Gasteiger partial charge >= 0.3 is 6.18 Å². The molecule has 0 fully saturated rings. The Bertz CT molecular complexity index is 1360. The zero-order valence-electron chi connectivity index (χ0n) is 17.3. The average Bonchev–Trinajstić information content (AvgIpc) is 2.75. The highest BCUT2D eigenvalue weighted by Gasteiger charge is 2.34. The van der Waals surface area contributed by atoms with Crippen molar-refractivity contribution in [3.8, 4) is 5.69 Å². The van der Waals surface area contributed by atoms with Crippen molar-refractivity contribution in [3.05, 3.63) is 82.4 Å². The molecule has 0 aliphatic rings. The molecular formula is C22H19BF3N5O. The lowest BCUT2D eigenvalue weighted by molar-refractivity contribution is -0.136. The molecule has 1 atom stereocenters. The lowest BCUT2D eigenvalue weighted by Crippen LogP contribution is -2.28. The molecule has 0 spiro atoms. The standard InChI is InChI=1S/C22H19BF3N5O/c1-12(29-19-16(23)11-28-21(27)30-19)17-10-13-6-5-9-15(22(24,25)26)18(13)20(32)31(17)14-7-3-2-4-8-14/h2-12H,23H2,1H3,(H3,27,28,29,30)/t12-/m0/s1. The van der Waals surface area contributed by atoms with Crippen molar-refractivity contribution in [2.75, 3.05) is 11.1 Å². The number of nitrogens with one attached hydrogen (secondary N) is 1. The summed E-state index contributed by atoms with van der Waals surface area (Å²) in [4.78, 5) is 21.6. The molecule has 2 aromatic carbocycles. The molecule has 0 amide bonds. The third-order valence-corrected chi connectivity index (χ3v) is 5.18. The molecule has 10 heteroatoms. The van der Waals surface area contributed by atoms with E-state index in [0.717, 1.165) is 11.5 Å². The minimum Gasteiger partial charge on any atom is -0.368 e. The van der Waals surface area contributed by atoms with Gasteiger partial charge in [-0.1, -0.05) is 30.3 Å². The first-order valence-corrected chi connectivity index (χ1v) is 9.84. The van der Waals surface area contributed by atoms with E-state index in [1.54, 1.807) is 57.4 Å². The van der Waals surface area contributed by atoms with E-state index in [0.29, 0.717) is 17.2 Å². The number of anilines is 2. The summed E-state index contributed by atoms with van der Waals surface area (Å²) >= 11 is 0. The Labute approximate surface area is 182 Å². The highest BCUT2D eigenvalue weighted by atomic mass is 19.4. The molecule has 0 radical (unpaired) electrons. The quantitative estimate of drug-likeness (QED) is 0.480. The zero-order valence-corrected chi connectivity index (χ0v) is 17.3. The van der Waals surface area contributed by atoms with E-state index >= 15 is 0 Å². The third-order valence-electron chi connectivity index (χ3n) is 5.18. The van der Waals surface area contributed by atoms with E-state index in [1.165, 1.54) is 16.7 Å². The van der Waals surface area contributed by atoms with E-state index in [4.69, 9.17) is 5.73 Å². The van der Waals surface area contributed by atoms with E-state index < -0.39 is 23.3 Å². The molecule has 4 aromatic rings. The minimum atomic E-state index is -4.66. The van der Waals surface area contributed by atoms with Crippen molar-refractivity contribution in [2.24, 2.45) is 0 Å². The smallest absolute Gasteiger partial charge is 0.368 e. The predicted octanol–water partition coefficient (Wildman–Crippen LogP) is 2.81. The summed E-state index contributed by atoms with van der Waals surface area (Å²) in [5, 5.41) is 3.04. The molecule has 0 bridgehead atoms. The number of rotatable bonds is 4. The Balaban J connectivity index is 1.98. The summed E-state index contributed by atoms with van der Waals surface area (Å²) in [6.07, 6.45) is -3.09. The fraction of sp³-hybridized carbons (Fsp3) is 0.136. The summed E-state index contributed by atoms with van der Waals surface area (Å²) in [5.41, 5.74) is 5.66. The number of fused-ring (bicyclic) bond motifs is 1. The van der Waals surface area contributed by atoms with Gasteiger partial charge in [-0.3, -0.25) is 9.36 Å². The van der Waals surface area contributed by atoms with Crippen LogP contribution in [0.4, 0.5) is 24.9 Å². The Morgan fingerprint density at radius 1 is 1.12 bits per heavy atom. The van der Waals surface area contributed by atoms with Gasteiger partial charge in [-0.05, 0) is 42.0 Å². The summed E-state index contributed by atoms with van der Waals surface area (Å²) in [6.45, 7) is 1.80. The maximum atomic E-state index is 13.7. The van der Waals surface area contributed by atoms with Crippen molar-refractivity contribution in [2.45, 2.75) is 19.1 Å². The first-order valence-electron chi connectivity index (χ1n) is 9.84. The highest BCUT2D eigenvalue weighted by molar-refractivity contribution is 6.35. The van der Waals surface area contributed by atoms with E-state index in [1.807, 2.05) is 0 Å². The monoisotopic (exact) mass is 437 g/mol. The maximum absolute atomic E-state index is 13.7. The van der Waals surface area contributed by atoms with Crippen LogP contribution < -0.4 is 22.1 Å². The predicted molar refractivity (Wildman–Crippen MR) is 121 cm³/mol. The molecule has 2 heterocycles. The van der Waals surface area contributed by atoms with Gasteiger partial charge < -0.3 is 11.1 Å². The summed E-state index contributed by atoms with van der Waals surface area (Å²) < 4.78 is 42.3. The molecule has 32 heavy (non-hydrogen) atoms. The molecule has 4 rings (SSSR count). The highest BCUT2D eigenvalue weighted by Crippen LogP contribution is 2.34. The molecular weight excluding hydrogens is 418 g/mol. The summed E-state index contributed by atoms with van der Waals surface area (Å²) in [7, 11) is 1.80. The number of alkyl halides is 3. The first kappa shape index (κ1) is 21.4. The fourth-order valence-corrected chi connectivity index (χ4v) is 3.66. The van der Waals surface area contributed by atoms with Crippen molar-refractivity contribution < 1.29 is 13.2 Å². The molecule has 2 aromatic heterocycles. The number of aromatic nitrogens is 3.